The van der Waals surface area contributed by atoms with E-state index in [1.54, 1.807) is 7.11 Å². The van der Waals surface area contributed by atoms with Crippen LogP contribution in [0.2, 0.25) is 0 Å². The fourth-order valence-electron chi connectivity index (χ4n) is 9.82. The number of hydrogen-bond acceptors (Lipinski definition) is 6. The SMILES string of the molecule is CO[C@@H]([C@@H](C)[C@H]1CC[C@H]2[C@@H]3COC(=O)[C@H]4C[C@H](O)[C@H](OC)C[C@]4(C)[C@H]3CC[C@]12C)[C@H](OC)[C@@H](C)C(C)C. The van der Waals surface area contributed by atoms with Crippen LogP contribution in [0.15, 0.2) is 0 Å². The number of carbonyl (C=O) groups is 1. The molecular weight excluding hydrogens is 468 g/mol. The molecule has 37 heavy (non-hydrogen) atoms. The number of hydrogen-bond donors (Lipinski definition) is 1. The van der Waals surface area contributed by atoms with Crippen molar-refractivity contribution < 1.29 is 28.8 Å². The van der Waals surface area contributed by atoms with Crippen molar-refractivity contribution in [2.75, 3.05) is 27.9 Å². The lowest BCUT2D eigenvalue weighted by Gasteiger charge is -2.56. The molecule has 6 heteroatoms. The second kappa shape index (κ2) is 11.1. The molecule has 6 nitrogen and oxygen atoms in total. The van der Waals surface area contributed by atoms with Crippen LogP contribution in [0.4, 0.5) is 0 Å². The largest absolute Gasteiger partial charge is 0.465 e. The van der Waals surface area contributed by atoms with Crippen molar-refractivity contribution in [2.45, 2.75) is 104 Å². The van der Waals surface area contributed by atoms with Crippen molar-refractivity contribution in [1.29, 1.82) is 0 Å². The minimum atomic E-state index is -0.606. The molecule has 13 atom stereocenters. The number of fused-ring (bicyclic) bond motifs is 5. The van der Waals surface area contributed by atoms with Gasteiger partial charge in [0.15, 0.2) is 0 Å². The number of methoxy groups -OCH3 is 3. The summed E-state index contributed by atoms with van der Waals surface area (Å²) >= 11 is 0. The molecule has 4 rings (SSSR count). The Morgan fingerprint density at radius 3 is 2.19 bits per heavy atom. The number of ether oxygens (including phenoxy) is 4. The lowest BCUT2D eigenvalue weighted by Crippen LogP contribution is -2.55. The van der Waals surface area contributed by atoms with Gasteiger partial charge in [-0.05, 0) is 90.8 Å². The number of esters is 1. The average molecular weight is 523 g/mol. The Balaban J connectivity index is 1.60. The maximum absolute atomic E-state index is 13.2. The molecule has 0 radical (unpaired) electrons. The second-order valence-corrected chi connectivity index (χ2v) is 13.9. The third kappa shape index (κ3) is 4.80. The fraction of sp³-hybridized carbons (Fsp3) is 0.968. The first-order chi connectivity index (χ1) is 17.4. The summed E-state index contributed by atoms with van der Waals surface area (Å²) in [5, 5.41) is 10.7. The first-order valence-corrected chi connectivity index (χ1v) is 14.9. The molecule has 0 unspecified atom stereocenters. The molecule has 0 aromatic rings. The number of aliphatic hydroxyl groups excluding tert-OH is 1. The van der Waals surface area contributed by atoms with E-state index in [-0.39, 0.29) is 41.0 Å². The maximum Gasteiger partial charge on any atom is 0.309 e. The number of aliphatic hydroxyl groups is 1. The highest BCUT2D eigenvalue weighted by Crippen LogP contribution is 2.66. The monoisotopic (exact) mass is 522 g/mol. The molecular formula is C31H54O6. The molecule has 0 bridgehead atoms. The summed E-state index contributed by atoms with van der Waals surface area (Å²) in [5.74, 6) is 2.79. The van der Waals surface area contributed by atoms with Crippen molar-refractivity contribution in [3.63, 3.8) is 0 Å². The van der Waals surface area contributed by atoms with Crippen molar-refractivity contribution in [1.82, 2.24) is 0 Å². The standard InChI is InChI=1S/C31H54O6/c1-17(2)18(3)27(35-8)28(36-9)19(4)21-10-11-22-20-16-37-29(33)24-14-25(32)26(34-7)15-31(24,6)23(20)12-13-30(21,22)5/h17-28,32H,10-16H2,1-9H3/t18-,19-,20-,21+,22-,23-,24+,25-,26+,27+,28-,30+,31+/m0/s1. The molecule has 1 heterocycles. The molecule has 0 aromatic heterocycles. The van der Waals surface area contributed by atoms with Crippen LogP contribution in [0.5, 0.6) is 0 Å². The molecule has 4 fully saturated rings. The van der Waals surface area contributed by atoms with Gasteiger partial charge in [-0.3, -0.25) is 4.79 Å². The molecule has 4 aliphatic rings. The van der Waals surface area contributed by atoms with Crippen molar-refractivity contribution >= 4 is 5.97 Å². The Hall–Kier alpha value is -0.690. The van der Waals surface area contributed by atoms with E-state index >= 15 is 0 Å². The highest BCUT2D eigenvalue weighted by atomic mass is 16.5. The molecule has 0 spiro atoms. The van der Waals surface area contributed by atoms with E-state index in [4.69, 9.17) is 18.9 Å². The van der Waals surface area contributed by atoms with Crippen LogP contribution >= 0.6 is 0 Å². The summed E-state index contributed by atoms with van der Waals surface area (Å²) in [6.45, 7) is 14.5. The van der Waals surface area contributed by atoms with Crippen LogP contribution in [-0.2, 0) is 23.7 Å². The van der Waals surface area contributed by atoms with Gasteiger partial charge < -0.3 is 24.1 Å². The molecule has 1 saturated heterocycles. The summed E-state index contributed by atoms with van der Waals surface area (Å²) in [4.78, 5) is 13.2. The molecule has 3 saturated carbocycles. The average Bonchev–Trinajstić information content (AvgIpc) is 3.18. The third-order valence-electron chi connectivity index (χ3n) is 12.3. The van der Waals surface area contributed by atoms with Crippen LogP contribution in [0.3, 0.4) is 0 Å². The van der Waals surface area contributed by atoms with E-state index in [1.807, 2.05) is 14.2 Å². The number of cyclic esters (lactones) is 1. The van der Waals surface area contributed by atoms with Gasteiger partial charge >= 0.3 is 5.97 Å². The third-order valence-corrected chi connectivity index (χ3v) is 12.3. The maximum atomic E-state index is 13.2. The molecule has 214 valence electrons. The van der Waals surface area contributed by atoms with Gasteiger partial charge in [0.2, 0.25) is 0 Å². The number of rotatable bonds is 8. The normalized spacial score (nSPS) is 45.2. The van der Waals surface area contributed by atoms with E-state index in [9.17, 15) is 9.90 Å². The van der Waals surface area contributed by atoms with Crippen LogP contribution < -0.4 is 0 Å². The summed E-state index contributed by atoms with van der Waals surface area (Å²) in [5.41, 5.74) is -0.0136. The minimum absolute atomic E-state index is 0.0526. The van der Waals surface area contributed by atoms with Crippen LogP contribution in [0.25, 0.3) is 0 Å². The Morgan fingerprint density at radius 2 is 1.59 bits per heavy atom. The first kappa shape index (κ1) is 29.3. The number of carbonyl (C=O) groups excluding carboxylic acids is 1. The smallest absolute Gasteiger partial charge is 0.309 e. The van der Waals surface area contributed by atoms with Gasteiger partial charge in [-0.2, -0.15) is 0 Å². The van der Waals surface area contributed by atoms with Crippen molar-refractivity contribution in [3.8, 4) is 0 Å². The Morgan fingerprint density at radius 1 is 0.946 bits per heavy atom. The predicted octanol–water partition coefficient (Wildman–Crippen LogP) is 5.35. The zero-order valence-electron chi connectivity index (χ0n) is 24.9. The lowest BCUT2D eigenvalue weighted by atomic mass is 9.48. The quantitative estimate of drug-likeness (QED) is 0.433. The van der Waals surface area contributed by atoms with Gasteiger partial charge in [0.05, 0.1) is 36.9 Å². The summed E-state index contributed by atoms with van der Waals surface area (Å²) in [6, 6.07) is 0. The zero-order valence-corrected chi connectivity index (χ0v) is 24.9. The molecule has 1 aliphatic heterocycles. The zero-order chi connectivity index (χ0) is 27.3. The van der Waals surface area contributed by atoms with Crippen molar-refractivity contribution in [2.24, 2.45) is 58.2 Å². The van der Waals surface area contributed by atoms with E-state index in [0.29, 0.717) is 54.5 Å². The van der Waals surface area contributed by atoms with E-state index in [0.717, 1.165) is 12.8 Å². The highest BCUT2D eigenvalue weighted by molar-refractivity contribution is 5.74. The molecule has 0 amide bonds. The highest BCUT2D eigenvalue weighted by Gasteiger charge is 2.63. The van der Waals surface area contributed by atoms with Gasteiger partial charge in [0.1, 0.15) is 0 Å². The Labute approximate surface area is 225 Å². The summed E-state index contributed by atoms with van der Waals surface area (Å²) in [6.07, 6.45) is 5.10. The summed E-state index contributed by atoms with van der Waals surface area (Å²) < 4.78 is 24.0. The first-order valence-electron chi connectivity index (χ1n) is 14.9. The fourth-order valence-corrected chi connectivity index (χ4v) is 9.82. The Bertz CT molecular complexity index is 801. The van der Waals surface area contributed by atoms with Gasteiger partial charge in [0.25, 0.3) is 0 Å². The molecule has 3 aliphatic carbocycles. The summed E-state index contributed by atoms with van der Waals surface area (Å²) in [7, 11) is 5.37. The van der Waals surface area contributed by atoms with Crippen LogP contribution in [-0.4, -0.2) is 63.4 Å². The van der Waals surface area contributed by atoms with Gasteiger partial charge in [-0.15, -0.1) is 0 Å². The van der Waals surface area contributed by atoms with Crippen molar-refractivity contribution in [3.05, 3.63) is 0 Å². The minimum Gasteiger partial charge on any atom is -0.465 e. The predicted molar refractivity (Wildman–Crippen MR) is 144 cm³/mol. The van der Waals surface area contributed by atoms with E-state index in [2.05, 4.69) is 41.5 Å². The molecule has 1 N–H and O–H groups in total. The van der Waals surface area contributed by atoms with E-state index < -0.39 is 6.10 Å². The van der Waals surface area contributed by atoms with Gasteiger partial charge in [0, 0.05) is 21.3 Å². The van der Waals surface area contributed by atoms with Gasteiger partial charge in [-0.1, -0.05) is 41.5 Å². The molecule has 0 aromatic carbocycles. The lowest BCUT2D eigenvalue weighted by molar-refractivity contribution is -0.164. The van der Waals surface area contributed by atoms with Crippen LogP contribution in [0.1, 0.15) is 80.1 Å². The van der Waals surface area contributed by atoms with E-state index in [1.165, 1.54) is 19.3 Å². The topological polar surface area (TPSA) is 74.2 Å². The van der Waals surface area contributed by atoms with Gasteiger partial charge in [-0.25, -0.2) is 0 Å². The van der Waals surface area contributed by atoms with Crippen LogP contribution in [0, 0.1) is 58.2 Å². The Kier molecular flexibility index (Phi) is 8.76. The second-order valence-electron chi connectivity index (χ2n) is 13.9.